The molecule has 1 aromatic heterocycles. The molecule has 29 heavy (non-hydrogen) atoms. The standard InChI is InChI=1S/C19H20ClN5O4/c1-10-2-3-11(8-13(10)20)21-17(27)12-9-14(26)22-16-15(12)18(28)24-19(23-16)25-4-6-29-7-5-25/h2-3,8,12H,4-7,9H2,1H3,(H,21,27)(H2,22,23,24,26,28). The smallest absolute Gasteiger partial charge is 0.258 e. The number of rotatable bonds is 3. The number of halogens is 1. The third-order valence-electron chi connectivity index (χ3n) is 5.01. The van der Waals surface area contributed by atoms with Crippen molar-refractivity contribution < 1.29 is 14.3 Å². The van der Waals surface area contributed by atoms with Crippen molar-refractivity contribution in [3.63, 3.8) is 0 Å². The molecule has 2 aromatic rings. The van der Waals surface area contributed by atoms with Crippen molar-refractivity contribution in [1.82, 2.24) is 9.97 Å². The van der Waals surface area contributed by atoms with Crippen LogP contribution >= 0.6 is 11.6 Å². The number of anilines is 3. The van der Waals surface area contributed by atoms with Crippen molar-refractivity contribution in [1.29, 1.82) is 0 Å². The lowest BCUT2D eigenvalue weighted by Gasteiger charge is -2.29. The summed E-state index contributed by atoms with van der Waals surface area (Å²) in [7, 11) is 0. The number of nitrogens with one attached hydrogen (secondary N) is 3. The van der Waals surface area contributed by atoms with Crippen LogP contribution < -0.4 is 21.1 Å². The molecule has 9 nitrogen and oxygen atoms in total. The van der Waals surface area contributed by atoms with Crippen molar-refractivity contribution in [3.8, 4) is 0 Å². The van der Waals surface area contributed by atoms with E-state index in [0.717, 1.165) is 5.56 Å². The molecule has 10 heteroatoms. The second-order valence-corrected chi connectivity index (χ2v) is 7.42. The van der Waals surface area contributed by atoms with Crippen LogP contribution in [-0.2, 0) is 14.3 Å². The molecule has 2 aliphatic heterocycles. The van der Waals surface area contributed by atoms with Gasteiger partial charge in [-0.15, -0.1) is 0 Å². The number of amides is 2. The molecular formula is C19H20ClN5O4. The Balaban J connectivity index is 1.64. The van der Waals surface area contributed by atoms with Gasteiger partial charge in [0.05, 0.1) is 24.7 Å². The van der Waals surface area contributed by atoms with Gasteiger partial charge in [0.1, 0.15) is 5.82 Å². The zero-order valence-electron chi connectivity index (χ0n) is 15.8. The lowest BCUT2D eigenvalue weighted by atomic mass is 9.92. The van der Waals surface area contributed by atoms with Gasteiger partial charge in [-0.1, -0.05) is 17.7 Å². The molecule has 0 aliphatic carbocycles. The summed E-state index contributed by atoms with van der Waals surface area (Å²) >= 11 is 6.11. The monoisotopic (exact) mass is 417 g/mol. The maximum Gasteiger partial charge on any atom is 0.258 e. The number of carbonyl (C=O) groups is 2. The first-order chi connectivity index (χ1) is 13.9. The number of ether oxygens (including phenoxy) is 1. The summed E-state index contributed by atoms with van der Waals surface area (Å²) in [6.07, 6.45) is -0.139. The number of hydrogen-bond acceptors (Lipinski definition) is 6. The molecule has 2 amide bonds. The van der Waals surface area contributed by atoms with E-state index in [0.29, 0.717) is 43.0 Å². The average Bonchev–Trinajstić information content (AvgIpc) is 2.70. The summed E-state index contributed by atoms with van der Waals surface area (Å²) in [5.41, 5.74) is 1.08. The zero-order chi connectivity index (χ0) is 20.5. The molecule has 0 bridgehead atoms. The number of carbonyl (C=O) groups excluding carboxylic acids is 2. The number of morpholine rings is 1. The average molecular weight is 418 g/mol. The molecule has 1 fully saturated rings. The Labute approximate surface area is 171 Å². The largest absolute Gasteiger partial charge is 0.378 e. The number of hydrogen-bond donors (Lipinski definition) is 3. The first kappa shape index (κ1) is 19.4. The van der Waals surface area contributed by atoms with E-state index in [2.05, 4.69) is 20.6 Å². The summed E-state index contributed by atoms with van der Waals surface area (Å²) in [6, 6.07) is 5.12. The molecule has 1 atom stereocenters. The summed E-state index contributed by atoms with van der Waals surface area (Å²) in [6.45, 7) is 4.06. The fourth-order valence-electron chi connectivity index (χ4n) is 3.41. The molecule has 1 aromatic carbocycles. The minimum atomic E-state index is -0.950. The minimum Gasteiger partial charge on any atom is -0.378 e. The first-order valence-electron chi connectivity index (χ1n) is 9.26. The first-order valence-corrected chi connectivity index (χ1v) is 9.64. The maximum absolute atomic E-state index is 12.9. The van der Waals surface area contributed by atoms with E-state index < -0.39 is 17.4 Å². The Bertz CT molecular complexity index is 1030. The van der Waals surface area contributed by atoms with E-state index in [4.69, 9.17) is 16.3 Å². The van der Waals surface area contributed by atoms with Crippen LogP contribution in [0.3, 0.4) is 0 Å². The SMILES string of the molecule is Cc1ccc(NC(=O)C2CC(=O)Nc3nc(N4CCOCC4)[nH]c(=O)c32)cc1Cl. The summed E-state index contributed by atoms with van der Waals surface area (Å²) in [4.78, 5) is 46.9. The molecule has 1 unspecified atom stereocenters. The molecule has 0 saturated carbocycles. The number of nitrogens with zero attached hydrogens (tertiary/aromatic N) is 2. The van der Waals surface area contributed by atoms with Crippen LogP contribution in [0.2, 0.25) is 5.02 Å². The second kappa shape index (κ2) is 7.84. The Morgan fingerprint density at radius 3 is 2.79 bits per heavy atom. The fraction of sp³-hybridized carbons (Fsp3) is 0.368. The molecule has 0 radical (unpaired) electrons. The Kier molecular flexibility index (Phi) is 5.25. The molecule has 2 aliphatic rings. The van der Waals surface area contributed by atoms with E-state index in [9.17, 15) is 14.4 Å². The highest BCUT2D eigenvalue weighted by molar-refractivity contribution is 6.31. The predicted octanol–water partition coefficient (Wildman–Crippen LogP) is 1.63. The molecule has 3 heterocycles. The predicted molar refractivity (Wildman–Crippen MR) is 109 cm³/mol. The Hall–Kier alpha value is -2.91. The fourth-order valence-corrected chi connectivity index (χ4v) is 3.59. The topological polar surface area (TPSA) is 116 Å². The quantitative estimate of drug-likeness (QED) is 0.699. The van der Waals surface area contributed by atoms with Crippen LogP contribution in [0.1, 0.15) is 23.5 Å². The van der Waals surface area contributed by atoms with Crippen molar-refractivity contribution in [2.24, 2.45) is 0 Å². The van der Waals surface area contributed by atoms with Crippen LogP contribution in [0.4, 0.5) is 17.5 Å². The van der Waals surface area contributed by atoms with Crippen LogP contribution in [0.5, 0.6) is 0 Å². The van der Waals surface area contributed by atoms with Crippen molar-refractivity contribution in [2.75, 3.05) is 41.8 Å². The van der Waals surface area contributed by atoms with Gasteiger partial charge in [-0.05, 0) is 24.6 Å². The third kappa shape index (κ3) is 3.96. The highest BCUT2D eigenvalue weighted by atomic mass is 35.5. The normalized spacial score (nSPS) is 18.8. The van der Waals surface area contributed by atoms with Gasteiger partial charge in [-0.3, -0.25) is 19.4 Å². The van der Waals surface area contributed by atoms with E-state index in [1.165, 1.54) is 0 Å². The minimum absolute atomic E-state index is 0.119. The van der Waals surface area contributed by atoms with E-state index in [1.54, 1.807) is 18.2 Å². The van der Waals surface area contributed by atoms with Crippen LogP contribution in [0.15, 0.2) is 23.0 Å². The summed E-state index contributed by atoms with van der Waals surface area (Å²) in [5, 5.41) is 5.87. The molecule has 152 valence electrons. The highest BCUT2D eigenvalue weighted by Gasteiger charge is 2.35. The zero-order valence-corrected chi connectivity index (χ0v) is 16.5. The van der Waals surface area contributed by atoms with Crippen molar-refractivity contribution >= 4 is 40.9 Å². The molecule has 0 spiro atoms. The van der Waals surface area contributed by atoms with Gasteiger partial charge >= 0.3 is 0 Å². The number of aromatic amines is 1. The van der Waals surface area contributed by atoms with Gasteiger partial charge in [-0.2, -0.15) is 4.98 Å². The van der Waals surface area contributed by atoms with E-state index >= 15 is 0 Å². The number of H-pyrrole nitrogens is 1. The highest BCUT2D eigenvalue weighted by Crippen LogP contribution is 2.30. The lowest BCUT2D eigenvalue weighted by molar-refractivity contribution is -0.123. The Morgan fingerprint density at radius 1 is 1.31 bits per heavy atom. The Morgan fingerprint density at radius 2 is 2.07 bits per heavy atom. The second-order valence-electron chi connectivity index (χ2n) is 7.01. The van der Waals surface area contributed by atoms with Gasteiger partial charge in [0, 0.05) is 30.2 Å². The lowest BCUT2D eigenvalue weighted by Crippen LogP contribution is -2.41. The number of aromatic nitrogens is 2. The number of benzene rings is 1. The number of aryl methyl sites for hydroxylation is 1. The van der Waals surface area contributed by atoms with Gasteiger partial charge in [0.15, 0.2) is 0 Å². The molecular weight excluding hydrogens is 398 g/mol. The van der Waals surface area contributed by atoms with E-state index in [-0.39, 0.29) is 23.7 Å². The van der Waals surface area contributed by atoms with Gasteiger partial charge in [0.2, 0.25) is 17.8 Å². The maximum atomic E-state index is 12.9. The number of fused-ring (bicyclic) bond motifs is 1. The molecule has 3 N–H and O–H groups in total. The third-order valence-corrected chi connectivity index (χ3v) is 5.41. The van der Waals surface area contributed by atoms with Crippen LogP contribution in [0, 0.1) is 6.92 Å². The van der Waals surface area contributed by atoms with Gasteiger partial charge in [0.25, 0.3) is 5.56 Å². The van der Waals surface area contributed by atoms with Crippen LogP contribution in [0.25, 0.3) is 0 Å². The van der Waals surface area contributed by atoms with Crippen molar-refractivity contribution in [3.05, 3.63) is 44.7 Å². The summed E-state index contributed by atoms with van der Waals surface area (Å²) in [5.74, 6) is -1.32. The van der Waals surface area contributed by atoms with E-state index in [1.807, 2.05) is 11.8 Å². The molecule has 1 saturated heterocycles. The van der Waals surface area contributed by atoms with Gasteiger partial charge in [-0.25, -0.2) is 0 Å². The summed E-state index contributed by atoms with van der Waals surface area (Å²) < 4.78 is 5.31. The van der Waals surface area contributed by atoms with Crippen molar-refractivity contribution in [2.45, 2.75) is 19.3 Å². The molecule has 4 rings (SSSR count). The van der Waals surface area contributed by atoms with Crippen LogP contribution in [-0.4, -0.2) is 48.1 Å². The van der Waals surface area contributed by atoms with Gasteiger partial charge < -0.3 is 20.3 Å².